The Balaban J connectivity index is 2.73. The van der Waals surface area contributed by atoms with Gasteiger partial charge in [-0.2, -0.15) is 0 Å². The number of carbonyl (C=O) groups excluding carboxylic acids is 1. The van der Waals surface area contributed by atoms with Crippen LogP contribution in [-0.4, -0.2) is 14.1 Å². The van der Waals surface area contributed by atoms with E-state index in [0.717, 1.165) is 31.1 Å². The molecule has 1 aliphatic carbocycles. The largest absolute Gasteiger partial charge is 0.303 e. The van der Waals surface area contributed by atoms with Crippen molar-refractivity contribution in [1.29, 1.82) is 0 Å². The third-order valence-corrected chi connectivity index (χ3v) is 3.11. The van der Waals surface area contributed by atoms with E-state index in [2.05, 4.69) is 6.58 Å². The summed E-state index contributed by atoms with van der Waals surface area (Å²) in [5.74, 6) is 0.315. The second-order valence-electron chi connectivity index (χ2n) is 4.29. The van der Waals surface area contributed by atoms with E-state index in [-0.39, 0.29) is 5.31 Å². The number of carbonyl (C=O) groups is 1. The summed E-state index contributed by atoms with van der Waals surface area (Å²) in [4.78, 5) is 10.5. The lowest BCUT2D eigenvalue weighted by atomic mass is 9.61. The molecule has 2 heteroatoms. The highest BCUT2D eigenvalue weighted by Gasteiger charge is 2.29. The Morgan fingerprint density at radius 3 is 3.00 bits per heavy atom. The summed E-state index contributed by atoms with van der Waals surface area (Å²) >= 11 is 0. The van der Waals surface area contributed by atoms with Gasteiger partial charge in [0.05, 0.1) is 7.85 Å². The van der Waals surface area contributed by atoms with Crippen LogP contribution >= 0.6 is 0 Å². The van der Waals surface area contributed by atoms with Crippen LogP contribution in [0.15, 0.2) is 12.2 Å². The summed E-state index contributed by atoms with van der Waals surface area (Å²) in [5.41, 5.74) is 1.07. The van der Waals surface area contributed by atoms with Gasteiger partial charge in [0, 0.05) is 6.42 Å². The summed E-state index contributed by atoms with van der Waals surface area (Å²) in [6, 6.07) is 0. The highest BCUT2D eigenvalue weighted by molar-refractivity contribution is 6.17. The molecule has 2 unspecified atom stereocenters. The summed E-state index contributed by atoms with van der Waals surface area (Å²) in [7, 11) is 6.13. The lowest BCUT2D eigenvalue weighted by Crippen LogP contribution is -2.15. The standard InChI is InChI=1S/C11H17BO/c1-9-10(6-8-13)5-3-4-7-11(9,2)12/h8,10H,1,3-7H2,2H3. The molecule has 0 bridgehead atoms. The van der Waals surface area contributed by atoms with Gasteiger partial charge in [-0.3, -0.25) is 0 Å². The first-order chi connectivity index (χ1) is 6.08. The first-order valence-electron chi connectivity index (χ1n) is 4.99. The summed E-state index contributed by atoms with van der Waals surface area (Å²) < 4.78 is 0. The molecule has 1 rings (SSSR count). The van der Waals surface area contributed by atoms with Crippen molar-refractivity contribution < 1.29 is 4.79 Å². The topological polar surface area (TPSA) is 17.1 Å². The van der Waals surface area contributed by atoms with Crippen molar-refractivity contribution in [2.45, 2.75) is 44.3 Å². The molecule has 0 aromatic carbocycles. The van der Waals surface area contributed by atoms with Gasteiger partial charge in [-0.1, -0.05) is 38.3 Å². The second-order valence-corrected chi connectivity index (χ2v) is 4.29. The van der Waals surface area contributed by atoms with Crippen molar-refractivity contribution in [2.24, 2.45) is 5.92 Å². The van der Waals surface area contributed by atoms with Gasteiger partial charge in [0.15, 0.2) is 0 Å². The molecule has 0 spiro atoms. The summed E-state index contributed by atoms with van der Waals surface area (Å²) in [6.45, 7) is 6.07. The van der Waals surface area contributed by atoms with E-state index in [0.29, 0.717) is 12.3 Å². The molecule has 1 saturated carbocycles. The Kier molecular flexibility index (Phi) is 3.35. The molecular weight excluding hydrogens is 159 g/mol. The second kappa shape index (κ2) is 4.12. The lowest BCUT2D eigenvalue weighted by molar-refractivity contribution is -0.108. The fourth-order valence-electron chi connectivity index (χ4n) is 2.06. The van der Waals surface area contributed by atoms with Gasteiger partial charge >= 0.3 is 0 Å². The Morgan fingerprint density at radius 2 is 2.38 bits per heavy atom. The normalized spacial score (nSPS) is 35.5. The van der Waals surface area contributed by atoms with E-state index in [9.17, 15) is 4.79 Å². The van der Waals surface area contributed by atoms with E-state index in [1.807, 2.05) is 6.92 Å². The van der Waals surface area contributed by atoms with Crippen LogP contribution in [0.3, 0.4) is 0 Å². The van der Waals surface area contributed by atoms with Crippen LogP contribution in [0.2, 0.25) is 5.31 Å². The van der Waals surface area contributed by atoms with Gasteiger partial charge < -0.3 is 4.79 Å². The Morgan fingerprint density at radius 1 is 1.69 bits per heavy atom. The maximum atomic E-state index is 10.5. The maximum Gasteiger partial charge on any atom is 0.120 e. The molecule has 13 heavy (non-hydrogen) atoms. The van der Waals surface area contributed by atoms with Crippen molar-refractivity contribution in [3.8, 4) is 0 Å². The Bertz CT molecular complexity index is 208. The van der Waals surface area contributed by atoms with E-state index >= 15 is 0 Å². The fourth-order valence-corrected chi connectivity index (χ4v) is 2.06. The average Bonchev–Trinajstić information content (AvgIpc) is 2.18. The number of hydrogen-bond donors (Lipinski definition) is 0. The van der Waals surface area contributed by atoms with Gasteiger partial charge in [-0.25, -0.2) is 0 Å². The molecule has 2 radical (unpaired) electrons. The van der Waals surface area contributed by atoms with Crippen LogP contribution in [0, 0.1) is 5.92 Å². The predicted molar refractivity (Wildman–Crippen MR) is 55.9 cm³/mol. The van der Waals surface area contributed by atoms with Crippen LogP contribution in [0.5, 0.6) is 0 Å². The van der Waals surface area contributed by atoms with Crippen LogP contribution < -0.4 is 0 Å². The third-order valence-electron chi connectivity index (χ3n) is 3.11. The number of allylic oxidation sites excluding steroid dienone is 1. The molecule has 0 N–H and O–H groups in total. The SMILES string of the molecule is [B]C1(C)CCCCC(CC=O)C1=C. The zero-order valence-electron chi connectivity index (χ0n) is 8.38. The zero-order chi connectivity index (χ0) is 9.90. The van der Waals surface area contributed by atoms with Gasteiger partial charge in [0.1, 0.15) is 6.29 Å². The number of hydrogen-bond acceptors (Lipinski definition) is 1. The van der Waals surface area contributed by atoms with Crippen molar-refractivity contribution >= 4 is 14.1 Å². The Hall–Kier alpha value is -0.525. The fraction of sp³-hybridized carbons (Fsp3) is 0.727. The van der Waals surface area contributed by atoms with Gasteiger partial charge in [-0.15, -0.1) is 0 Å². The molecule has 1 fully saturated rings. The average molecular weight is 176 g/mol. The maximum absolute atomic E-state index is 10.5. The molecule has 70 valence electrons. The lowest BCUT2D eigenvalue weighted by Gasteiger charge is -2.29. The summed E-state index contributed by atoms with van der Waals surface area (Å²) in [5, 5.41) is -0.260. The molecule has 2 atom stereocenters. The van der Waals surface area contributed by atoms with E-state index < -0.39 is 0 Å². The minimum absolute atomic E-state index is 0.260. The monoisotopic (exact) mass is 176 g/mol. The van der Waals surface area contributed by atoms with E-state index in [4.69, 9.17) is 7.85 Å². The smallest absolute Gasteiger partial charge is 0.120 e. The quantitative estimate of drug-likeness (QED) is 0.273. The molecule has 1 aliphatic rings. The van der Waals surface area contributed by atoms with Crippen molar-refractivity contribution in [1.82, 2.24) is 0 Å². The van der Waals surface area contributed by atoms with Gasteiger partial charge in [0.25, 0.3) is 0 Å². The molecule has 1 nitrogen and oxygen atoms in total. The number of rotatable bonds is 2. The molecule has 0 amide bonds. The molecule has 0 heterocycles. The molecular formula is C11H17BO. The van der Waals surface area contributed by atoms with Crippen LogP contribution in [0.4, 0.5) is 0 Å². The molecule has 0 aromatic heterocycles. The van der Waals surface area contributed by atoms with Crippen molar-refractivity contribution in [3.63, 3.8) is 0 Å². The highest BCUT2D eigenvalue weighted by atomic mass is 16.1. The van der Waals surface area contributed by atoms with Gasteiger partial charge in [0.2, 0.25) is 0 Å². The van der Waals surface area contributed by atoms with Crippen LogP contribution in [0.25, 0.3) is 0 Å². The van der Waals surface area contributed by atoms with E-state index in [1.165, 1.54) is 6.42 Å². The van der Waals surface area contributed by atoms with Crippen molar-refractivity contribution in [2.75, 3.05) is 0 Å². The predicted octanol–water partition coefficient (Wildman–Crippen LogP) is 2.67. The first-order valence-corrected chi connectivity index (χ1v) is 4.99. The third kappa shape index (κ3) is 2.46. The molecule has 0 aromatic rings. The zero-order valence-corrected chi connectivity index (χ0v) is 8.38. The van der Waals surface area contributed by atoms with Crippen LogP contribution in [0.1, 0.15) is 39.0 Å². The first kappa shape index (κ1) is 10.6. The summed E-state index contributed by atoms with van der Waals surface area (Å²) in [6.07, 6.45) is 5.97. The van der Waals surface area contributed by atoms with E-state index in [1.54, 1.807) is 0 Å². The van der Waals surface area contributed by atoms with Crippen LogP contribution in [-0.2, 0) is 4.79 Å². The minimum Gasteiger partial charge on any atom is -0.303 e. The van der Waals surface area contributed by atoms with Gasteiger partial charge in [-0.05, 0) is 17.7 Å². The number of aldehydes is 1. The highest BCUT2D eigenvalue weighted by Crippen LogP contribution is 2.45. The molecule has 0 saturated heterocycles. The molecule has 0 aliphatic heterocycles. The minimum atomic E-state index is -0.260. The van der Waals surface area contributed by atoms with Crippen molar-refractivity contribution in [3.05, 3.63) is 12.2 Å². The Labute approximate surface area is 82.0 Å².